The predicted molar refractivity (Wildman–Crippen MR) is 172 cm³/mol. The monoisotopic (exact) mass is 495 g/mol. The number of para-hydroxylation sites is 3. The molecule has 0 amide bonds. The van der Waals surface area contributed by atoms with Gasteiger partial charge in [-0.25, -0.2) is 0 Å². The summed E-state index contributed by atoms with van der Waals surface area (Å²) < 4.78 is 2.58. The van der Waals surface area contributed by atoms with Gasteiger partial charge in [-0.3, -0.25) is 0 Å². The average Bonchev–Trinajstić information content (AvgIpc) is 3.54. The van der Waals surface area contributed by atoms with Crippen molar-refractivity contribution >= 4 is 88.0 Å². The van der Waals surface area contributed by atoms with Gasteiger partial charge in [0, 0.05) is 0 Å². The van der Waals surface area contributed by atoms with Crippen LogP contribution in [0.15, 0.2) is 121 Å². The van der Waals surface area contributed by atoms with E-state index in [0.717, 1.165) is 18.6 Å². The molecule has 11 rings (SSSR count). The van der Waals surface area contributed by atoms with Crippen LogP contribution < -0.4 is 26.8 Å². The van der Waals surface area contributed by atoms with E-state index < -0.39 is 6.39 Å². The molecule has 1 N–H and O–H groups in total. The zero-order valence-electron chi connectivity index (χ0n) is 20.8. The van der Waals surface area contributed by atoms with Crippen molar-refractivity contribution in [1.82, 2.24) is 4.57 Å². The maximum absolute atomic E-state index is 4.25. The zero-order valence-corrected chi connectivity index (χ0v) is 21.7. The summed E-state index contributed by atoms with van der Waals surface area (Å²) >= 11 is 0. The van der Waals surface area contributed by atoms with Crippen molar-refractivity contribution in [3.8, 4) is 5.69 Å². The summed E-state index contributed by atoms with van der Waals surface area (Å²) in [6.07, 6.45) is 0.181. The first kappa shape index (κ1) is 20.4. The molecular weight excluding hydrogens is 473 g/mol. The second-order valence-corrected chi connectivity index (χ2v) is 16.8. The van der Waals surface area contributed by atoms with Crippen LogP contribution in [0.25, 0.3) is 27.5 Å². The molecule has 4 fully saturated rings. The van der Waals surface area contributed by atoms with Crippen LogP contribution >= 0.6 is 6.39 Å². The third-order valence-electron chi connectivity index (χ3n) is 10.3. The fourth-order valence-corrected chi connectivity index (χ4v) is 16.9. The molecule has 38 heavy (non-hydrogen) atoms. The van der Waals surface area contributed by atoms with E-state index in [1.807, 2.05) is 0 Å². The van der Waals surface area contributed by atoms with Crippen molar-refractivity contribution in [2.45, 2.75) is 0 Å². The zero-order chi connectivity index (χ0) is 24.7. The number of aromatic nitrogens is 1. The molecule has 0 atom stereocenters. The number of nitrogens with zero attached hydrogens (tertiary/aromatic N) is 1. The molecule has 172 valence electrons. The van der Waals surface area contributed by atoms with Gasteiger partial charge in [0.1, 0.15) is 0 Å². The standard InChI is InChI=1S/C30H21B5N2P/c1-3-11-21(12-4-1)32-24-16-7-8-18-26(24)37-27-19-10-20-28(29(27)23-15-9-17-25(32)30(23)37)38(33-31-34(38)35(33)38)36-22-13-5-2-6-14-22/h1-20,36H/q-1. The molecule has 0 saturated carbocycles. The first-order valence-electron chi connectivity index (χ1n) is 13.7. The number of hydrogen-bond acceptors (Lipinski definition) is 1. The molecular formula is C30H21B5N2P-. The first-order chi connectivity index (χ1) is 18.8. The van der Waals surface area contributed by atoms with Crippen molar-refractivity contribution in [1.29, 1.82) is 0 Å². The molecule has 0 aliphatic carbocycles. The molecule has 5 aliphatic rings. The van der Waals surface area contributed by atoms with Crippen LogP contribution in [-0.4, -0.2) is 37.0 Å². The fourth-order valence-electron chi connectivity index (χ4n) is 8.60. The SMILES string of the molecule is [B-]1B2B3B1P23(Nc1ccccc1)c1cccc2c1c1cccc3c1n2-c1ccccc1B3c1ccccc1. The molecule has 8 heteroatoms. The minimum absolute atomic E-state index is 0.235. The van der Waals surface area contributed by atoms with Crippen molar-refractivity contribution in [3.05, 3.63) is 121 Å². The molecule has 6 aromatic rings. The Morgan fingerprint density at radius 3 is 2.11 bits per heavy atom. The number of benzene rings is 5. The Balaban J connectivity index is 1.31. The number of anilines is 1. The van der Waals surface area contributed by atoms with Crippen molar-refractivity contribution in [3.63, 3.8) is 0 Å². The average molecular weight is 495 g/mol. The van der Waals surface area contributed by atoms with E-state index in [2.05, 4.69) is 138 Å². The van der Waals surface area contributed by atoms with Crippen LogP contribution in [0.5, 0.6) is 0 Å². The Bertz CT molecular complexity index is 1970. The van der Waals surface area contributed by atoms with Crippen molar-refractivity contribution < 1.29 is 0 Å². The molecule has 1 aromatic heterocycles. The van der Waals surface area contributed by atoms with Gasteiger partial charge in [0.15, 0.2) is 0 Å². The van der Waals surface area contributed by atoms with E-state index >= 15 is 0 Å². The summed E-state index contributed by atoms with van der Waals surface area (Å²) in [5.41, 5.74) is 9.51. The van der Waals surface area contributed by atoms with Crippen molar-refractivity contribution in [2.24, 2.45) is 0 Å². The van der Waals surface area contributed by atoms with Crippen LogP contribution in [0.3, 0.4) is 0 Å². The van der Waals surface area contributed by atoms with Gasteiger partial charge < -0.3 is 0 Å². The van der Waals surface area contributed by atoms with Gasteiger partial charge in [-0.05, 0) is 0 Å². The van der Waals surface area contributed by atoms with Crippen LogP contribution in [0.4, 0.5) is 5.69 Å². The number of nitrogens with one attached hydrogen (secondary N) is 1. The van der Waals surface area contributed by atoms with Gasteiger partial charge in [-0.1, -0.05) is 0 Å². The first-order valence-corrected chi connectivity index (χ1v) is 16.2. The van der Waals surface area contributed by atoms with Gasteiger partial charge in [0.2, 0.25) is 0 Å². The van der Waals surface area contributed by atoms with E-state index in [4.69, 9.17) is 0 Å². The molecule has 2 bridgehead atoms. The summed E-state index contributed by atoms with van der Waals surface area (Å²) in [5.74, 6) is 0. The van der Waals surface area contributed by atoms with Gasteiger partial charge >= 0.3 is 225 Å². The molecule has 0 unspecified atom stereocenters. The third-order valence-corrected chi connectivity index (χ3v) is 17.3. The second kappa shape index (κ2) is 6.53. The van der Waals surface area contributed by atoms with Gasteiger partial charge in [-0.15, -0.1) is 0 Å². The molecule has 6 heterocycles. The molecule has 4 saturated heterocycles. The number of hydrogen-bond donors (Lipinski definition) is 1. The number of rotatable bonds is 4. The van der Waals surface area contributed by atoms with Gasteiger partial charge in [0.05, 0.1) is 0 Å². The predicted octanol–water partition coefficient (Wildman–Crippen LogP) is 3.69. The maximum atomic E-state index is 4.25. The molecule has 5 aromatic carbocycles. The summed E-state index contributed by atoms with van der Waals surface area (Å²) in [4.78, 5) is 0. The van der Waals surface area contributed by atoms with Crippen LogP contribution in [0, 0.1) is 0 Å². The summed E-state index contributed by atoms with van der Waals surface area (Å²) in [7, 11) is 2.63. The van der Waals surface area contributed by atoms with Gasteiger partial charge in [0.25, 0.3) is 0 Å². The molecule has 2 nitrogen and oxygen atoms in total. The quantitative estimate of drug-likeness (QED) is 0.292. The Hall–Kier alpha value is -3.55. The summed E-state index contributed by atoms with van der Waals surface area (Å²) in [6.45, 7) is 0.235. The van der Waals surface area contributed by atoms with Crippen LogP contribution in [0.2, 0.25) is 0 Å². The van der Waals surface area contributed by atoms with E-state index in [0.29, 0.717) is 0 Å². The topological polar surface area (TPSA) is 17.0 Å². The fraction of sp³-hybridized carbons (Fsp3) is 0. The Kier molecular flexibility index (Phi) is 3.51. The van der Waals surface area contributed by atoms with E-state index in [1.54, 1.807) is 5.30 Å². The minimum atomic E-state index is -2.18. The van der Waals surface area contributed by atoms with E-state index in [-0.39, 0.29) is 6.71 Å². The summed E-state index contributed by atoms with van der Waals surface area (Å²) in [5, 5.41) is 8.77. The van der Waals surface area contributed by atoms with E-state index in [9.17, 15) is 0 Å². The van der Waals surface area contributed by atoms with Crippen LogP contribution in [0.1, 0.15) is 0 Å². The van der Waals surface area contributed by atoms with Crippen molar-refractivity contribution in [2.75, 3.05) is 5.09 Å². The molecule has 0 spiro atoms. The Morgan fingerprint density at radius 1 is 0.658 bits per heavy atom. The summed E-state index contributed by atoms with van der Waals surface area (Å²) in [6, 6.07) is 45.2. The normalized spacial score (nSPS) is 19.3. The van der Waals surface area contributed by atoms with Gasteiger partial charge in [-0.2, -0.15) is 0 Å². The molecule has 2 radical (unpaired) electrons. The van der Waals surface area contributed by atoms with E-state index in [1.165, 1.54) is 49.6 Å². The second-order valence-electron chi connectivity index (χ2n) is 11.6. The van der Waals surface area contributed by atoms with Crippen LogP contribution in [-0.2, 0) is 0 Å². The third kappa shape index (κ3) is 2.04. The Labute approximate surface area is 224 Å². The Morgan fingerprint density at radius 2 is 1.34 bits per heavy atom. The molecule has 5 aliphatic heterocycles. The number of fused-ring (bicyclic) bond motifs is 5.